The summed E-state index contributed by atoms with van der Waals surface area (Å²) in [6, 6.07) is 20.1. The van der Waals surface area contributed by atoms with Gasteiger partial charge in [0.2, 0.25) is 5.91 Å². The Bertz CT molecular complexity index is 1060. The van der Waals surface area contributed by atoms with Crippen LogP contribution >= 0.6 is 0 Å². The molecule has 0 aromatic heterocycles. The molecule has 2 amide bonds. The summed E-state index contributed by atoms with van der Waals surface area (Å²) in [7, 11) is 1.47. The average Bonchev–Trinajstić information content (AvgIpc) is 2.82. The van der Waals surface area contributed by atoms with Crippen molar-refractivity contribution in [1.29, 1.82) is 0 Å². The monoisotopic (exact) mass is 438 g/mol. The number of benzene rings is 3. The topological polar surface area (TPSA) is 58.6 Å². The molecule has 0 fully saturated rings. The van der Waals surface area contributed by atoms with Gasteiger partial charge in [-0.05, 0) is 23.8 Å². The summed E-state index contributed by atoms with van der Waals surface area (Å²) >= 11 is 0. The second kappa shape index (κ2) is 11.0. The van der Waals surface area contributed by atoms with Crippen molar-refractivity contribution >= 4 is 11.8 Å². The number of para-hydroxylation sites is 1. The molecule has 1 atom stereocenters. The predicted octanol–water partition coefficient (Wildman–Crippen LogP) is 3.73. The lowest BCUT2D eigenvalue weighted by molar-refractivity contribution is -0.142. The Balaban J connectivity index is 1.89. The molecule has 0 saturated heterocycles. The first-order valence-electron chi connectivity index (χ1n) is 10.2. The van der Waals surface area contributed by atoms with E-state index in [9.17, 15) is 18.4 Å². The molecule has 3 aromatic rings. The van der Waals surface area contributed by atoms with Crippen LogP contribution in [0.2, 0.25) is 0 Å². The Morgan fingerprint density at radius 2 is 1.53 bits per heavy atom. The quantitative estimate of drug-likeness (QED) is 0.554. The van der Waals surface area contributed by atoms with Gasteiger partial charge in [0.25, 0.3) is 5.91 Å². The Labute approximate surface area is 185 Å². The lowest BCUT2D eigenvalue weighted by atomic mass is 10.0. The molecule has 1 N–H and O–H groups in total. The number of amides is 2. The molecular weight excluding hydrogens is 414 g/mol. The lowest BCUT2D eigenvalue weighted by Crippen LogP contribution is -2.51. The Morgan fingerprint density at radius 3 is 2.19 bits per heavy atom. The number of hydrogen-bond acceptors (Lipinski definition) is 3. The number of hydrogen-bond donors (Lipinski definition) is 1. The third kappa shape index (κ3) is 5.91. The van der Waals surface area contributed by atoms with Crippen LogP contribution in [0.3, 0.4) is 0 Å². The molecule has 0 aliphatic heterocycles. The summed E-state index contributed by atoms with van der Waals surface area (Å²) in [5, 5.41) is 2.58. The molecule has 0 spiro atoms. The SMILES string of the molecule is CNC(=O)[C@@H](Cc1ccccc1)N(Cc1ccccc1F)C(=O)COc1ccccc1F. The van der Waals surface area contributed by atoms with E-state index in [4.69, 9.17) is 4.74 Å². The van der Waals surface area contributed by atoms with Gasteiger partial charge in [0, 0.05) is 25.6 Å². The van der Waals surface area contributed by atoms with Gasteiger partial charge in [-0.2, -0.15) is 0 Å². The number of likely N-dealkylation sites (N-methyl/N-ethyl adjacent to an activating group) is 1. The summed E-state index contributed by atoms with van der Waals surface area (Å²) in [5.74, 6) is -2.14. The first-order valence-corrected chi connectivity index (χ1v) is 10.2. The number of nitrogens with one attached hydrogen (secondary N) is 1. The molecule has 3 rings (SSSR count). The van der Waals surface area contributed by atoms with Crippen LogP contribution in [-0.4, -0.2) is 36.4 Å². The zero-order valence-corrected chi connectivity index (χ0v) is 17.6. The minimum atomic E-state index is -0.918. The first-order chi connectivity index (χ1) is 15.5. The number of ether oxygens (including phenoxy) is 1. The predicted molar refractivity (Wildman–Crippen MR) is 117 cm³/mol. The van der Waals surface area contributed by atoms with E-state index in [0.29, 0.717) is 0 Å². The third-order valence-corrected chi connectivity index (χ3v) is 5.00. The smallest absolute Gasteiger partial charge is 0.261 e. The van der Waals surface area contributed by atoms with E-state index >= 15 is 0 Å². The number of carbonyl (C=O) groups excluding carboxylic acids is 2. The maximum atomic E-state index is 14.4. The Hall–Kier alpha value is -3.74. The Morgan fingerprint density at radius 1 is 0.906 bits per heavy atom. The molecule has 5 nitrogen and oxygen atoms in total. The van der Waals surface area contributed by atoms with Crippen LogP contribution in [0.25, 0.3) is 0 Å². The fourth-order valence-corrected chi connectivity index (χ4v) is 3.31. The highest BCUT2D eigenvalue weighted by Gasteiger charge is 2.30. The summed E-state index contributed by atoms with van der Waals surface area (Å²) in [6.07, 6.45) is 0.223. The largest absolute Gasteiger partial charge is 0.481 e. The van der Waals surface area contributed by atoms with Gasteiger partial charge in [-0.3, -0.25) is 9.59 Å². The number of halogens is 2. The van der Waals surface area contributed by atoms with Crippen LogP contribution < -0.4 is 10.1 Å². The van der Waals surface area contributed by atoms with E-state index in [2.05, 4.69) is 5.32 Å². The van der Waals surface area contributed by atoms with Crippen LogP contribution in [0.5, 0.6) is 5.75 Å². The molecule has 0 heterocycles. The molecule has 3 aromatic carbocycles. The van der Waals surface area contributed by atoms with Crippen molar-refractivity contribution in [3.8, 4) is 5.75 Å². The van der Waals surface area contributed by atoms with Crippen LogP contribution in [0.15, 0.2) is 78.9 Å². The number of nitrogens with zero attached hydrogens (tertiary/aromatic N) is 1. The van der Waals surface area contributed by atoms with Crippen molar-refractivity contribution < 1.29 is 23.1 Å². The molecule has 166 valence electrons. The van der Waals surface area contributed by atoms with Crippen molar-refractivity contribution in [2.75, 3.05) is 13.7 Å². The van der Waals surface area contributed by atoms with Crippen molar-refractivity contribution in [3.05, 3.63) is 102 Å². The second-order valence-electron chi connectivity index (χ2n) is 7.15. The molecule has 0 unspecified atom stereocenters. The van der Waals surface area contributed by atoms with E-state index in [1.807, 2.05) is 30.3 Å². The van der Waals surface area contributed by atoms with E-state index in [1.54, 1.807) is 24.3 Å². The highest BCUT2D eigenvalue weighted by atomic mass is 19.1. The molecule has 32 heavy (non-hydrogen) atoms. The van der Waals surface area contributed by atoms with Gasteiger partial charge in [0.15, 0.2) is 18.2 Å². The molecule has 0 radical (unpaired) electrons. The van der Waals surface area contributed by atoms with Gasteiger partial charge in [-0.15, -0.1) is 0 Å². The maximum absolute atomic E-state index is 14.4. The van der Waals surface area contributed by atoms with E-state index in [0.717, 1.165) is 5.56 Å². The third-order valence-electron chi connectivity index (χ3n) is 5.00. The maximum Gasteiger partial charge on any atom is 0.261 e. The van der Waals surface area contributed by atoms with Gasteiger partial charge in [-0.1, -0.05) is 60.7 Å². The number of carbonyl (C=O) groups is 2. The van der Waals surface area contributed by atoms with Gasteiger partial charge < -0.3 is 15.0 Å². The van der Waals surface area contributed by atoms with Crippen molar-refractivity contribution in [1.82, 2.24) is 10.2 Å². The standard InChI is InChI=1S/C25H24F2N2O3/c1-28-25(31)22(15-18-9-3-2-4-10-18)29(16-19-11-5-6-12-20(19)26)24(30)17-32-23-14-8-7-13-21(23)27/h2-14,22H,15-17H2,1H3,(H,28,31)/t22-/m1/s1. The van der Waals surface area contributed by atoms with Crippen LogP contribution in [0.4, 0.5) is 8.78 Å². The van der Waals surface area contributed by atoms with Crippen LogP contribution in [0, 0.1) is 11.6 Å². The average molecular weight is 438 g/mol. The number of rotatable bonds is 9. The molecule has 0 aliphatic rings. The van der Waals surface area contributed by atoms with Crippen molar-refractivity contribution in [2.24, 2.45) is 0 Å². The zero-order valence-electron chi connectivity index (χ0n) is 17.6. The molecular formula is C25H24F2N2O3. The van der Waals surface area contributed by atoms with E-state index in [-0.39, 0.29) is 24.3 Å². The van der Waals surface area contributed by atoms with Gasteiger partial charge in [-0.25, -0.2) is 8.78 Å². The summed E-state index contributed by atoms with van der Waals surface area (Å²) in [6.45, 7) is -0.644. The van der Waals surface area contributed by atoms with Gasteiger partial charge in [0.05, 0.1) is 0 Å². The highest BCUT2D eigenvalue weighted by molar-refractivity contribution is 5.88. The fourth-order valence-electron chi connectivity index (χ4n) is 3.31. The van der Waals surface area contributed by atoms with E-state index < -0.39 is 36.1 Å². The molecule has 7 heteroatoms. The lowest BCUT2D eigenvalue weighted by Gasteiger charge is -2.31. The zero-order chi connectivity index (χ0) is 22.9. The molecule has 0 saturated carbocycles. The van der Waals surface area contributed by atoms with E-state index in [1.165, 1.54) is 36.2 Å². The summed E-state index contributed by atoms with van der Waals surface area (Å²) in [4.78, 5) is 27.2. The highest BCUT2D eigenvalue weighted by Crippen LogP contribution is 2.19. The molecule has 0 aliphatic carbocycles. The Kier molecular flexibility index (Phi) is 7.91. The van der Waals surface area contributed by atoms with Gasteiger partial charge >= 0.3 is 0 Å². The summed E-state index contributed by atoms with van der Waals surface area (Å²) < 4.78 is 33.6. The first kappa shape index (κ1) is 22.9. The normalized spacial score (nSPS) is 11.5. The van der Waals surface area contributed by atoms with Crippen molar-refractivity contribution in [2.45, 2.75) is 19.0 Å². The minimum absolute atomic E-state index is 0.0776. The molecule has 0 bridgehead atoms. The van der Waals surface area contributed by atoms with Gasteiger partial charge in [0.1, 0.15) is 11.9 Å². The second-order valence-corrected chi connectivity index (χ2v) is 7.15. The van der Waals surface area contributed by atoms with Crippen molar-refractivity contribution in [3.63, 3.8) is 0 Å². The summed E-state index contributed by atoms with van der Waals surface area (Å²) in [5.41, 5.74) is 1.09. The van der Waals surface area contributed by atoms with Crippen LogP contribution in [-0.2, 0) is 22.6 Å². The fraction of sp³-hybridized carbons (Fsp3) is 0.200. The van der Waals surface area contributed by atoms with Crippen LogP contribution in [0.1, 0.15) is 11.1 Å². The minimum Gasteiger partial charge on any atom is -0.481 e.